The largest absolute Gasteiger partial charge is 0.493 e. The quantitative estimate of drug-likeness (QED) is 0.857. The van der Waals surface area contributed by atoms with Crippen molar-refractivity contribution in [2.24, 2.45) is 0 Å². The van der Waals surface area contributed by atoms with Crippen LogP contribution in [0.25, 0.3) is 0 Å². The minimum absolute atomic E-state index is 0.256. The lowest BCUT2D eigenvalue weighted by Crippen LogP contribution is -2.23. The molecule has 1 heterocycles. The Morgan fingerprint density at radius 1 is 1.23 bits per heavy atom. The van der Waals surface area contributed by atoms with Crippen LogP contribution < -0.4 is 15.4 Å². The Kier molecular flexibility index (Phi) is 5.48. The van der Waals surface area contributed by atoms with E-state index in [0.29, 0.717) is 35.3 Å². The molecule has 0 fully saturated rings. The number of benzene rings is 1. The van der Waals surface area contributed by atoms with Gasteiger partial charge in [-0.3, -0.25) is 14.9 Å². The lowest BCUT2D eigenvalue weighted by molar-refractivity contribution is 0.0950. The zero-order valence-electron chi connectivity index (χ0n) is 12.4. The summed E-state index contributed by atoms with van der Waals surface area (Å²) in [6.07, 6.45) is 0. The molecule has 0 saturated heterocycles. The topological polar surface area (TPSA) is 80.3 Å². The van der Waals surface area contributed by atoms with Crippen molar-refractivity contribution in [2.75, 3.05) is 18.5 Å². The van der Waals surface area contributed by atoms with Crippen molar-refractivity contribution >= 4 is 28.3 Å². The van der Waals surface area contributed by atoms with E-state index in [1.165, 1.54) is 11.3 Å². The zero-order valence-corrected chi connectivity index (χ0v) is 13.2. The fourth-order valence-corrected chi connectivity index (χ4v) is 2.47. The number of carbonyl (C=O) groups excluding carboxylic acids is 2. The molecule has 0 aliphatic carbocycles. The number of nitrogens with zero attached hydrogens (tertiary/aromatic N) is 1. The first kappa shape index (κ1) is 16.0. The number of amides is 2. The normalized spacial score (nSPS) is 10.1. The highest BCUT2D eigenvalue weighted by Crippen LogP contribution is 2.21. The van der Waals surface area contributed by atoms with Gasteiger partial charge in [-0.05, 0) is 26.0 Å². The second-order valence-corrected chi connectivity index (χ2v) is 5.14. The highest BCUT2D eigenvalue weighted by atomic mass is 32.1. The molecule has 2 rings (SSSR count). The molecule has 0 saturated carbocycles. The SMILES string of the molecule is CCNC(=O)c1csc(NC(=O)c2ccccc2OCC)n1. The molecule has 116 valence electrons. The molecule has 2 amide bonds. The fraction of sp³-hybridized carbons (Fsp3) is 0.267. The third kappa shape index (κ3) is 3.82. The molecule has 22 heavy (non-hydrogen) atoms. The number of carbonyl (C=O) groups is 2. The summed E-state index contributed by atoms with van der Waals surface area (Å²) in [5, 5.41) is 7.32. The predicted octanol–water partition coefficient (Wildman–Crippen LogP) is 2.54. The fourth-order valence-electron chi connectivity index (χ4n) is 1.79. The van der Waals surface area contributed by atoms with Crippen LogP contribution in [0.5, 0.6) is 5.75 Å². The monoisotopic (exact) mass is 319 g/mol. The molecule has 7 heteroatoms. The molecule has 2 N–H and O–H groups in total. The van der Waals surface area contributed by atoms with Crippen LogP contribution in [0.4, 0.5) is 5.13 Å². The molecule has 1 aromatic carbocycles. The number of ether oxygens (including phenoxy) is 1. The molecule has 0 spiro atoms. The Morgan fingerprint density at radius 3 is 2.73 bits per heavy atom. The first-order valence-electron chi connectivity index (χ1n) is 6.92. The Hall–Kier alpha value is -2.41. The van der Waals surface area contributed by atoms with Crippen molar-refractivity contribution in [3.63, 3.8) is 0 Å². The maximum atomic E-state index is 12.3. The second-order valence-electron chi connectivity index (χ2n) is 4.28. The number of aromatic nitrogens is 1. The first-order valence-corrected chi connectivity index (χ1v) is 7.80. The number of hydrogen-bond donors (Lipinski definition) is 2. The molecule has 0 aliphatic rings. The van der Waals surface area contributed by atoms with Gasteiger partial charge in [0.05, 0.1) is 12.2 Å². The number of para-hydroxylation sites is 1. The number of nitrogens with one attached hydrogen (secondary N) is 2. The van der Waals surface area contributed by atoms with Gasteiger partial charge >= 0.3 is 0 Å². The van der Waals surface area contributed by atoms with Gasteiger partial charge in [-0.1, -0.05) is 12.1 Å². The Balaban J connectivity index is 2.11. The maximum absolute atomic E-state index is 12.3. The Morgan fingerprint density at radius 2 is 2.00 bits per heavy atom. The summed E-state index contributed by atoms with van der Waals surface area (Å²) < 4.78 is 5.43. The van der Waals surface area contributed by atoms with Crippen LogP contribution in [0.15, 0.2) is 29.6 Å². The molecule has 0 atom stereocenters. The molecule has 0 bridgehead atoms. The summed E-state index contributed by atoms with van der Waals surface area (Å²) in [7, 11) is 0. The summed E-state index contributed by atoms with van der Waals surface area (Å²) in [5.41, 5.74) is 0.722. The average Bonchev–Trinajstić information content (AvgIpc) is 2.97. The number of thiazole rings is 1. The van der Waals surface area contributed by atoms with Crippen molar-refractivity contribution in [3.8, 4) is 5.75 Å². The molecule has 2 aromatic rings. The Bertz CT molecular complexity index is 670. The molecule has 0 unspecified atom stereocenters. The van der Waals surface area contributed by atoms with Crippen molar-refractivity contribution in [1.82, 2.24) is 10.3 Å². The van der Waals surface area contributed by atoms with Crippen LogP contribution in [-0.4, -0.2) is 29.9 Å². The standard InChI is InChI=1S/C15H17N3O3S/c1-3-16-14(20)11-9-22-15(17-11)18-13(19)10-7-5-6-8-12(10)21-4-2/h5-9H,3-4H2,1-2H3,(H,16,20)(H,17,18,19). The lowest BCUT2D eigenvalue weighted by Gasteiger charge is -2.08. The number of anilines is 1. The minimum Gasteiger partial charge on any atom is -0.493 e. The van der Waals surface area contributed by atoms with E-state index in [0.717, 1.165) is 0 Å². The minimum atomic E-state index is -0.319. The average molecular weight is 319 g/mol. The van der Waals surface area contributed by atoms with Crippen LogP contribution in [0.3, 0.4) is 0 Å². The van der Waals surface area contributed by atoms with Crippen LogP contribution in [0.2, 0.25) is 0 Å². The maximum Gasteiger partial charge on any atom is 0.270 e. The van der Waals surface area contributed by atoms with E-state index >= 15 is 0 Å². The van der Waals surface area contributed by atoms with Crippen LogP contribution >= 0.6 is 11.3 Å². The van der Waals surface area contributed by atoms with E-state index in [1.54, 1.807) is 29.6 Å². The summed E-state index contributed by atoms with van der Waals surface area (Å²) in [6.45, 7) is 4.69. The van der Waals surface area contributed by atoms with Gasteiger partial charge in [-0.25, -0.2) is 4.98 Å². The predicted molar refractivity (Wildman–Crippen MR) is 85.7 cm³/mol. The van der Waals surface area contributed by atoms with Crippen molar-refractivity contribution < 1.29 is 14.3 Å². The zero-order chi connectivity index (χ0) is 15.9. The van der Waals surface area contributed by atoms with E-state index in [9.17, 15) is 9.59 Å². The summed E-state index contributed by atoms with van der Waals surface area (Å²) in [5.74, 6) is -0.0576. The van der Waals surface area contributed by atoms with Crippen LogP contribution in [-0.2, 0) is 0 Å². The third-order valence-electron chi connectivity index (χ3n) is 2.73. The van der Waals surface area contributed by atoms with Crippen molar-refractivity contribution in [1.29, 1.82) is 0 Å². The van der Waals surface area contributed by atoms with Gasteiger partial charge in [0.15, 0.2) is 5.13 Å². The molecule has 1 aromatic heterocycles. The third-order valence-corrected chi connectivity index (χ3v) is 3.48. The molecule has 0 radical (unpaired) electrons. The van der Waals surface area contributed by atoms with E-state index in [4.69, 9.17) is 4.74 Å². The highest BCUT2D eigenvalue weighted by molar-refractivity contribution is 7.14. The van der Waals surface area contributed by atoms with Gasteiger partial charge in [0, 0.05) is 11.9 Å². The van der Waals surface area contributed by atoms with Gasteiger partial charge < -0.3 is 10.1 Å². The van der Waals surface area contributed by atoms with E-state index in [1.807, 2.05) is 13.8 Å². The van der Waals surface area contributed by atoms with E-state index in [-0.39, 0.29) is 11.8 Å². The second kappa shape index (κ2) is 7.56. The molecular formula is C15H17N3O3S. The van der Waals surface area contributed by atoms with Gasteiger partial charge in [-0.15, -0.1) is 11.3 Å². The summed E-state index contributed by atoms with van der Waals surface area (Å²) in [4.78, 5) is 28.0. The summed E-state index contributed by atoms with van der Waals surface area (Å²) >= 11 is 1.20. The van der Waals surface area contributed by atoms with Crippen molar-refractivity contribution in [2.45, 2.75) is 13.8 Å². The number of hydrogen-bond acceptors (Lipinski definition) is 5. The van der Waals surface area contributed by atoms with E-state index in [2.05, 4.69) is 15.6 Å². The van der Waals surface area contributed by atoms with Crippen LogP contribution in [0.1, 0.15) is 34.7 Å². The number of rotatable bonds is 6. The molecular weight excluding hydrogens is 302 g/mol. The lowest BCUT2D eigenvalue weighted by atomic mass is 10.2. The van der Waals surface area contributed by atoms with Gasteiger partial charge in [0.2, 0.25) is 0 Å². The molecule has 6 nitrogen and oxygen atoms in total. The van der Waals surface area contributed by atoms with Gasteiger partial charge in [-0.2, -0.15) is 0 Å². The smallest absolute Gasteiger partial charge is 0.270 e. The molecule has 0 aliphatic heterocycles. The summed E-state index contributed by atoms with van der Waals surface area (Å²) in [6, 6.07) is 6.98. The first-order chi connectivity index (χ1) is 10.7. The van der Waals surface area contributed by atoms with Gasteiger partial charge in [0.1, 0.15) is 11.4 Å². The highest BCUT2D eigenvalue weighted by Gasteiger charge is 2.15. The Labute approximate surface area is 132 Å². The van der Waals surface area contributed by atoms with Gasteiger partial charge in [0.25, 0.3) is 11.8 Å². The van der Waals surface area contributed by atoms with E-state index < -0.39 is 0 Å². The van der Waals surface area contributed by atoms with Crippen LogP contribution in [0, 0.1) is 0 Å². The van der Waals surface area contributed by atoms with Crippen molar-refractivity contribution in [3.05, 3.63) is 40.9 Å².